The van der Waals surface area contributed by atoms with E-state index >= 15 is 0 Å². The summed E-state index contributed by atoms with van der Waals surface area (Å²) in [7, 11) is 0. The van der Waals surface area contributed by atoms with Gasteiger partial charge in [-0.05, 0) is 44.4 Å². The Balaban J connectivity index is 2.68. The number of hydrogen-bond acceptors (Lipinski definition) is 1. The quantitative estimate of drug-likeness (QED) is 0.823. The van der Waals surface area contributed by atoms with Crippen LogP contribution in [0.1, 0.15) is 25.8 Å². The van der Waals surface area contributed by atoms with Crippen molar-refractivity contribution in [2.45, 2.75) is 32.3 Å². The van der Waals surface area contributed by atoms with Crippen LogP contribution in [0, 0.1) is 5.82 Å². The Morgan fingerprint density at radius 3 is 2.57 bits per heavy atom. The van der Waals surface area contributed by atoms with Crippen LogP contribution in [0.25, 0.3) is 0 Å². The van der Waals surface area contributed by atoms with Crippen LogP contribution in [0.3, 0.4) is 0 Å². The molecule has 0 heterocycles. The fourth-order valence-corrected chi connectivity index (χ4v) is 1.43. The minimum atomic E-state index is -0.711. The van der Waals surface area contributed by atoms with Crippen molar-refractivity contribution < 1.29 is 9.50 Å². The molecule has 1 rings (SSSR count). The molecule has 0 amide bonds. The molecule has 0 bridgehead atoms. The van der Waals surface area contributed by atoms with Crippen LogP contribution in [-0.2, 0) is 6.42 Å². The first-order valence-corrected chi connectivity index (χ1v) is 4.92. The van der Waals surface area contributed by atoms with E-state index in [-0.39, 0.29) is 5.82 Å². The van der Waals surface area contributed by atoms with Gasteiger partial charge in [0.15, 0.2) is 0 Å². The summed E-state index contributed by atoms with van der Waals surface area (Å²) in [5.74, 6) is -0.331. The van der Waals surface area contributed by atoms with Gasteiger partial charge >= 0.3 is 0 Å². The summed E-state index contributed by atoms with van der Waals surface area (Å²) < 4.78 is 12.7. The molecule has 0 aliphatic heterocycles. The number of aliphatic hydroxyl groups is 1. The van der Waals surface area contributed by atoms with Crippen molar-refractivity contribution in [3.05, 3.63) is 34.6 Å². The third-order valence-corrected chi connectivity index (χ3v) is 2.37. The van der Waals surface area contributed by atoms with Gasteiger partial charge in [-0.2, -0.15) is 0 Å². The van der Waals surface area contributed by atoms with Crippen LogP contribution < -0.4 is 0 Å². The van der Waals surface area contributed by atoms with Crippen LogP contribution in [0.4, 0.5) is 4.39 Å². The van der Waals surface area contributed by atoms with Gasteiger partial charge in [-0.1, -0.05) is 17.7 Å². The summed E-state index contributed by atoms with van der Waals surface area (Å²) >= 11 is 5.84. The average Bonchev–Trinajstić information content (AvgIpc) is 2.00. The van der Waals surface area contributed by atoms with E-state index in [4.69, 9.17) is 11.6 Å². The summed E-state index contributed by atoms with van der Waals surface area (Å²) in [5.41, 5.74) is 0.160. The second-order valence-electron chi connectivity index (χ2n) is 4.05. The van der Waals surface area contributed by atoms with E-state index < -0.39 is 5.60 Å². The summed E-state index contributed by atoms with van der Waals surface area (Å²) in [5, 5.41) is 9.93. The van der Waals surface area contributed by atoms with Gasteiger partial charge in [0, 0.05) is 5.02 Å². The summed E-state index contributed by atoms with van der Waals surface area (Å²) in [6.07, 6.45) is 1.26. The van der Waals surface area contributed by atoms with Gasteiger partial charge in [0.25, 0.3) is 0 Å². The van der Waals surface area contributed by atoms with Gasteiger partial charge in [-0.15, -0.1) is 0 Å². The van der Waals surface area contributed by atoms with Crippen molar-refractivity contribution in [3.8, 4) is 0 Å². The Morgan fingerprint density at radius 1 is 1.43 bits per heavy atom. The van der Waals surface area contributed by atoms with Crippen molar-refractivity contribution in [2.75, 3.05) is 0 Å². The predicted molar refractivity (Wildman–Crippen MR) is 56.0 cm³/mol. The fourth-order valence-electron chi connectivity index (χ4n) is 1.17. The molecule has 0 fully saturated rings. The smallest absolute Gasteiger partial charge is 0.124 e. The lowest BCUT2D eigenvalue weighted by atomic mass is 9.99. The molecule has 0 aromatic heterocycles. The van der Waals surface area contributed by atoms with E-state index in [0.29, 0.717) is 17.9 Å². The molecular formula is C11H14ClFO. The van der Waals surface area contributed by atoms with E-state index in [1.165, 1.54) is 12.1 Å². The zero-order valence-electron chi connectivity index (χ0n) is 8.35. The number of rotatable bonds is 3. The number of hydrogen-bond donors (Lipinski definition) is 1. The fraction of sp³-hybridized carbons (Fsp3) is 0.455. The normalized spacial score (nSPS) is 11.8. The van der Waals surface area contributed by atoms with Gasteiger partial charge in [-0.3, -0.25) is 0 Å². The first-order chi connectivity index (χ1) is 6.38. The van der Waals surface area contributed by atoms with Crippen molar-refractivity contribution in [2.24, 2.45) is 0 Å². The minimum Gasteiger partial charge on any atom is -0.390 e. The SMILES string of the molecule is CC(C)(O)CCc1ccc(F)cc1Cl. The van der Waals surface area contributed by atoms with Gasteiger partial charge in [0.2, 0.25) is 0 Å². The maximum atomic E-state index is 12.7. The van der Waals surface area contributed by atoms with E-state index in [9.17, 15) is 9.50 Å². The van der Waals surface area contributed by atoms with Gasteiger partial charge in [0.1, 0.15) is 5.82 Å². The molecule has 14 heavy (non-hydrogen) atoms. The third-order valence-electron chi connectivity index (χ3n) is 2.02. The largest absolute Gasteiger partial charge is 0.390 e. The molecule has 1 nitrogen and oxygen atoms in total. The highest BCUT2D eigenvalue weighted by atomic mass is 35.5. The maximum Gasteiger partial charge on any atom is 0.124 e. The molecule has 0 saturated carbocycles. The number of halogens is 2. The average molecular weight is 217 g/mol. The Kier molecular flexibility index (Phi) is 3.51. The van der Waals surface area contributed by atoms with Crippen LogP contribution >= 0.6 is 11.6 Å². The molecule has 0 saturated heterocycles. The van der Waals surface area contributed by atoms with Crippen molar-refractivity contribution in [1.82, 2.24) is 0 Å². The number of benzene rings is 1. The second-order valence-corrected chi connectivity index (χ2v) is 4.46. The summed E-state index contributed by atoms with van der Waals surface area (Å²) in [4.78, 5) is 0. The molecule has 78 valence electrons. The van der Waals surface area contributed by atoms with Crippen LogP contribution in [0.5, 0.6) is 0 Å². The van der Waals surface area contributed by atoms with E-state index in [1.54, 1.807) is 19.9 Å². The second kappa shape index (κ2) is 4.28. The minimum absolute atomic E-state index is 0.331. The van der Waals surface area contributed by atoms with Crippen LogP contribution in [-0.4, -0.2) is 10.7 Å². The molecule has 1 aromatic carbocycles. The van der Waals surface area contributed by atoms with Crippen molar-refractivity contribution >= 4 is 11.6 Å². The molecule has 0 unspecified atom stereocenters. The van der Waals surface area contributed by atoms with E-state index in [1.807, 2.05) is 0 Å². The molecule has 0 aliphatic carbocycles. The Labute approximate surface area is 88.5 Å². The Hall–Kier alpha value is -0.600. The third kappa shape index (κ3) is 3.64. The molecule has 1 N–H and O–H groups in total. The van der Waals surface area contributed by atoms with Crippen LogP contribution in [0.2, 0.25) is 5.02 Å². The highest BCUT2D eigenvalue weighted by molar-refractivity contribution is 6.31. The van der Waals surface area contributed by atoms with Crippen molar-refractivity contribution in [1.29, 1.82) is 0 Å². The van der Waals surface area contributed by atoms with Gasteiger partial charge in [0.05, 0.1) is 5.60 Å². The first-order valence-electron chi connectivity index (χ1n) is 4.55. The molecule has 0 spiro atoms. The zero-order valence-corrected chi connectivity index (χ0v) is 9.11. The molecule has 0 atom stereocenters. The lowest BCUT2D eigenvalue weighted by molar-refractivity contribution is 0.0714. The molecular weight excluding hydrogens is 203 g/mol. The molecule has 0 aliphatic rings. The maximum absolute atomic E-state index is 12.7. The lowest BCUT2D eigenvalue weighted by Gasteiger charge is -2.16. The van der Waals surface area contributed by atoms with Gasteiger partial charge in [-0.25, -0.2) is 4.39 Å². The van der Waals surface area contributed by atoms with Crippen LogP contribution in [0.15, 0.2) is 18.2 Å². The Bertz CT molecular complexity index is 318. The summed E-state index contributed by atoms with van der Waals surface area (Å²) in [6, 6.07) is 4.33. The monoisotopic (exact) mass is 216 g/mol. The standard InChI is InChI=1S/C11H14ClFO/c1-11(2,14)6-5-8-3-4-9(13)7-10(8)12/h3-4,7,14H,5-6H2,1-2H3. The topological polar surface area (TPSA) is 20.2 Å². The molecule has 3 heteroatoms. The van der Waals surface area contributed by atoms with Crippen molar-refractivity contribution in [3.63, 3.8) is 0 Å². The summed E-state index contributed by atoms with van der Waals surface area (Å²) in [6.45, 7) is 3.48. The predicted octanol–water partition coefficient (Wildman–Crippen LogP) is 3.18. The van der Waals surface area contributed by atoms with E-state index in [2.05, 4.69) is 0 Å². The number of aryl methyl sites for hydroxylation is 1. The first kappa shape index (κ1) is 11.5. The highest BCUT2D eigenvalue weighted by Gasteiger charge is 2.13. The zero-order chi connectivity index (χ0) is 10.8. The van der Waals surface area contributed by atoms with Gasteiger partial charge < -0.3 is 5.11 Å². The Morgan fingerprint density at radius 2 is 2.07 bits per heavy atom. The lowest BCUT2D eigenvalue weighted by Crippen LogP contribution is -2.19. The molecule has 0 radical (unpaired) electrons. The highest BCUT2D eigenvalue weighted by Crippen LogP contribution is 2.21. The van der Waals surface area contributed by atoms with E-state index in [0.717, 1.165) is 5.56 Å². The molecule has 1 aromatic rings.